The molecule has 0 radical (unpaired) electrons. The molecule has 0 aromatic carbocycles. The van der Waals surface area contributed by atoms with Gasteiger partial charge in [-0.25, -0.2) is 4.79 Å². The number of carbonyl (C=O) groups is 1. The van der Waals surface area contributed by atoms with E-state index in [1.54, 1.807) is 17.0 Å². The van der Waals surface area contributed by atoms with Crippen LogP contribution in [0.5, 0.6) is 0 Å². The fourth-order valence-electron chi connectivity index (χ4n) is 1.79. The summed E-state index contributed by atoms with van der Waals surface area (Å²) in [6, 6.07) is 0.356. The van der Waals surface area contributed by atoms with Crippen LogP contribution in [-0.4, -0.2) is 20.6 Å². The summed E-state index contributed by atoms with van der Waals surface area (Å²) in [6.07, 6.45) is 5.59. The van der Waals surface area contributed by atoms with Gasteiger partial charge in [0.15, 0.2) is 0 Å². The predicted molar refractivity (Wildman–Crippen MR) is 64.9 cm³/mol. The van der Waals surface area contributed by atoms with E-state index >= 15 is 0 Å². The number of amides is 1. The molecule has 0 saturated heterocycles. The Balaban J connectivity index is 2.04. The molecule has 5 nitrogen and oxygen atoms in total. The first kappa shape index (κ1) is 12.0. The summed E-state index contributed by atoms with van der Waals surface area (Å²) in [4.78, 5) is 23.6. The summed E-state index contributed by atoms with van der Waals surface area (Å²) in [5.41, 5.74) is -0.351. The molecule has 17 heavy (non-hydrogen) atoms. The average Bonchev–Trinajstić information content (AvgIpc) is 2.92. The first-order valence-corrected chi connectivity index (χ1v) is 5.95. The van der Waals surface area contributed by atoms with Gasteiger partial charge in [-0.2, -0.15) is 0 Å². The summed E-state index contributed by atoms with van der Waals surface area (Å²) < 4.78 is 3.17. The van der Waals surface area contributed by atoms with Gasteiger partial charge < -0.3 is 5.32 Å². The quantitative estimate of drug-likeness (QED) is 0.849. The Hall–Kier alpha value is -1.52. The molecule has 0 aliphatic heterocycles. The normalized spacial score (nSPS) is 15.9. The minimum absolute atomic E-state index is 0.0865. The van der Waals surface area contributed by atoms with Crippen LogP contribution in [0, 0.1) is 0 Å². The molecule has 94 valence electrons. The summed E-state index contributed by atoms with van der Waals surface area (Å²) in [5.74, 6) is -0.131. The van der Waals surface area contributed by atoms with Gasteiger partial charge in [0.1, 0.15) is 6.54 Å². The van der Waals surface area contributed by atoms with Gasteiger partial charge in [0.05, 0.1) is 0 Å². The summed E-state index contributed by atoms with van der Waals surface area (Å²) in [6.45, 7) is 5.85. The van der Waals surface area contributed by atoms with Crippen LogP contribution < -0.4 is 11.0 Å². The Morgan fingerprint density at radius 3 is 2.59 bits per heavy atom. The number of imidazole rings is 1. The number of aromatic nitrogens is 2. The maximum absolute atomic E-state index is 11.9. The average molecular weight is 237 g/mol. The molecule has 0 unspecified atom stereocenters. The van der Waals surface area contributed by atoms with Crippen LogP contribution in [0.25, 0.3) is 0 Å². The molecule has 1 fully saturated rings. The van der Waals surface area contributed by atoms with Crippen LogP contribution >= 0.6 is 0 Å². The first-order valence-electron chi connectivity index (χ1n) is 5.95. The lowest BCUT2D eigenvalue weighted by molar-refractivity contribution is -0.123. The fraction of sp³-hybridized carbons (Fsp3) is 0.667. The molecule has 1 aliphatic carbocycles. The van der Waals surface area contributed by atoms with E-state index in [2.05, 4.69) is 5.32 Å². The second kappa shape index (κ2) is 4.05. The molecule has 1 aromatic rings. The van der Waals surface area contributed by atoms with Gasteiger partial charge in [-0.3, -0.25) is 13.9 Å². The molecule has 0 bridgehead atoms. The SMILES string of the molecule is CC(C)(C)NC(=O)Cn1ccn(C2CC2)c1=O. The number of carbonyl (C=O) groups excluding carboxylic acids is 1. The molecule has 1 saturated carbocycles. The molecule has 1 aromatic heterocycles. The maximum atomic E-state index is 11.9. The molecule has 0 spiro atoms. The van der Waals surface area contributed by atoms with Crippen LogP contribution in [0.2, 0.25) is 0 Å². The Labute approximate surface area is 100 Å². The first-order chi connectivity index (χ1) is 7.87. The van der Waals surface area contributed by atoms with Crippen molar-refractivity contribution in [1.29, 1.82) is 0 Å². The van der Waals surface area contributed by atoms with Gasteiger partial charge in [-0.05, 0) is 33.6 Å². The number of nitrogens with zero attached hydrogens (tertiary/aromatic N) is 2. The standard InChI is InChI=1S/C12H19N3O2/c1-12(2,3)13-10(16)8-14-6-7-15(11(14)17)9-4-5-9/h6-7,9H,4-5,8H2,1-3H3,(H,13,16). The van der Waals surface area contributed by atoms with E-state index in [1.165, 1.54) is 4.57 Å². The number of nitrogens with one attached hydrogen (secondary N) is 1. The zero-order chi connectivity index (χ0) is 12.6. The molecular weight excluding hydrogens is 218 g/mol. The van der Waals surface area contributed by atoms with Crippen LogP contribution in [-0.2, 0) is 11.3 Å². The van der Waals surface area contributed by atoms with E-state index in [9.17, 15) is 9.59 Å². The third-order valence-electron chi connectivity index (χ3n) is 2.64. The lowest BCUT2D eigenvalue weighted by Gasteiger charge is -2.20. The summed E-state index contributed by atoms with van der Waals surface area (Å²) in [7, 11) is 0. The van der Waals surface area contributed by atoms with Gasteiger partial charge in [0, 0.05) is 24.0 Å². The van der Waals surface area contributed by atoms with Crippen molar-refractivity contribution >= 4 is 5.91 Å². The van der Waals surface area contributed by atoms with Crippen LogP contribution in [0.3, 0.4) is 0 Å². The summed E-state index contributed by atoms with van der Waals surface area (Å²) >= 11 is 0. The van der Waals surface area contributed by atoms with Gasteiger partial charge >= 0.3 is 5.69 Å². The lowest BCUT2D eigenvalue weighted by Crippen LogP contribution is -2.43. The van der Waals surface area contributed by atoms with Gasteiger partial charge in [-0.15, -0.1) is 0 Å². The Morgan fingerprint density at radius 1 is 1.41 bits per heavy atom. The van der Waals surface area contributed by atoms with Crippen molar-refractivity contribution < 1.29 is 4.79 Å². The number of hydrogen-bond donors (Lipinski definition) is 1. The highest BCUT2D eigenvalue weighted by molar-refractivity contribution is 5.76. The van der Waals surface area contributed by atoms with Crippen LogP contribution in [0.4, 0.5) is 0 Å². The van der Waals surface area contributed by atoms with Crippen molar-refractivity contribution in [2.75, 3.05) is 0 Å². The van der Waals surface area contributed by atoms with Crippen molar-refractivity contribution in [3.8, 4) is 0 Å². The van der Waals surface area contributed by atoms with E-state index in [0.717, 1.165) is 12.8 Å². The van der Waals surface area contributed by atoms with Gasteiger partial charge in [0.25, 0.3) is 0 Å². The lowest BCUT2D eigenvalue weighted by atomic mass is 10.1. The molecule has 1 aliphatic rings. The van der Waals surface area contributed by atoms with E-state index in [1.807, 2.05) is 20.8 Å². The number of hydrogen-bond acceptors (Lipinski definition) is 2. The van der Waals surface area contributed by atoms with Crippen molar-refractivity contribution in [2.24, 2.45) is 0 Å². The molecule has 2 rings (SSSR count). The third-order valence-corrected chi connectivity index (χ3v) is 2.64. The predicted octanol–water partition coefficient (Wildman–Crippen LogP) is 0.899. The fourth-order valence-corrected chi connectivity index (χ4v) is 1.79. The smallest absolute Gasteiger partial charge is 0.328 e. The summed E-state index contributed by atoms with van der Waals surface area (Å²) in [5, 5.41) is 2.84. The highest BCUT2D eigenvalue weighted by Gasteiger charge is 2.26. The second-order valence-electron chi connectivity index (χ2n) is 5.65. The topological polar surface area (TPSA) is 56.0 Å². The van der Waals surface area contributed by atoms with Crippen molar-refractivity contribution in [1.82, 2.24) is 14.5 Å². The zero-order valence-corrected chi connectivity index (χ0v) is 10.6. The van der Waals surface area contributed by atoms with Crippen molar-refractivity contribution in [3.63, 3.8) is 0 Å². The van der Waals surface area contributed by atoms with E-state index < -0.39 is 0 Å². The third kappa shape index (κ3) is 2.99. The maximum Gasteiger partial charge on any atom is 0.328 e. The highest BCUT2D eigenvalue weighted by atomic mass is 16.2. The molecular formula is C12H19N3O2. The van der Waals surface area contributed by atoms with Gasteiger partial charge in [0.2, 0.25) is 5.91 Å². The van der Waals surface area contributed by atoms with Gasteiger partial charge in [-0.1, -0.05) is 0 Å². The Kier molecular flexibility index (Phi) is 2.85. The van der Waals surface area contributed by atoms with Crippen molar-refractivity contribution in [2.45, 2.75) is 51.7 Å². The molecule has 1 amide bonds. The van der Waals surface area contributed by atoms with E-state index in [4.69, 9.17) is 0 Å². The highest BCUT2D eigenvalue weighted by Crippen LogP contribution is 2.33. The Bertz CT molecular complexity index is 475. The minimum atomic E-state index is -0.264. The second-order valence-corrected chi connectivity index (χ2v) is 5.65. The van der Waals surface area contributed by atoms with Crippen LogP contribution in [0.15, 0.2) is 17.2 Å². The largest absolute Gasteiger partial charge is 0.350 e. The monoisotopic (exact) mass is 237 g/mol. The molecule has 1 N–H and O–H groups in total. The van der Waals surface area contributed by atoms with E-state index in [0.29, 0.717) is 6.04 Å². The molecule has 0 atom stereocenters. The van der Waals surface area contributed by atoms with Crippen LogP contribution in [0.1, 0.15) is 39.7 Å². The molecule has 1 heterocycles. The van der Waals surface area contributed by atoms with E-state index in [-0.39, 0.29) is 23.7 Å². The number of rotatable bonds is 3. The molecule has 5 heteroatoms. The zero-order valence-electron chi connectivity index (χ0n) is 10.6. The van der Waals surface area contributed by atoms with Crippen molar-refractivity contribution in [3.05, 3.63) is 22.9 Å². The Morgan fingerprint density at radius 2 is 2.06 bits per heavy atom. The minimum Gasteiger partial charge on any atom is -0.350 e.